The number of alkyl halides is 3. The number of aryl methyl sites for hydroxylation is 2. The van der Waals surface area contributed by atoms with Crippen LogP contribution < -0.4 is 21.5 Å². The van der Waals surface area contributed by atoms with Crippen LogP contribution in [0.5, 0.6) is 0 Å². The largest absolute Gasteiger partial charge is 0.416 e. The van der Waals surface area contributed by atoms with E-state index in [9.17, 15) is 18.0 Å². The Morgan fingerprint density at radius 2 is 1.87 bits per heavy atom. The second-order valence-corrected chi connectivity index (χ2v) is 9.82. The Labute approximate surface area is 226 Å². The van der Waals surface area contributed by atoms with Gasteiger partial charge in [0.1, 0.15) is 0 Å². The molecular formula is C28H34F3N7O. The fourth-order valence-corrected chi connectivity index (χ4v) is 4.69. The van der Waals surface area contributed by atoms with Gasteiger partial charge in [0.25, 0.3) is 5.91 Å². The zero-order chi connectivity index (χ0) is 28.3. The van der Waals surface area contributed by atoms with Gasteiger partial charge in [-0.05, 0) is 81.2 Å². The summed E-state index contributed by atoms with van der Waals surface area (Å²) in [5, 5.41) is 11.4. The Bertz CT molecular complexity index is 1370. The molecule has 4 rings (SSSR count). The lowest BCUT2D eigenvalue weighted by Crippen LogP contribution is -2.27. The van der Waals surface area contributed by atoms with Crippen LogP contribution >= 0.6 is 0 Å². The van der Waals surface area contributed by atoms with E-state index in [0.717, 1.165) is 60.6 Å². The third-order valence-electron chi connectivity index (χ3n) is 7.00. The van der Waals surface area contributed by atoms with Gasteiger partial charge >= 0.3 is 6.18 Å². The Kier molecular flexibility index (Phi) is 8.31. The molecule has 1 aliphatic rings. The first-order chi connectivity index (χ1) is 18.5. The van der Waals surface area contributed by atoms with Gasteiger partial charge in [0.2, 0.25) is 0 Å². The van der Waals surface area contributed by atoms with Crippen molar-refractivity contribution in [3.8, 4) is 0 Å². The number of hydrogen-bond acceptors (Lipinski definition) is 6. The third-order valence-corrected chi connectivity index (χ3v) is 7.00. The van der Waals surface area contributed by atoms with Gasteiger partial charge in [0.05, 0.1) is 23.1 Å². The lowest BCUT2D eigenvalue weighted by molar-refractivity contribution is -0.137. The van der Waals surface area contributed by atoms with Gasteiger partial charge in [0.15, 0.2) is 0 Å². The highest BCUT2D eigenvalue weighted by atomic mass is 19.4. The van der Waals surface area contributed by atoms with Crippen LogP contribution in [0.3, 0.4) is 0 Å². The van der Waals surface area contributed by atoms with Crippen LogP contribution in [-0.2, 0) is 19.8 Å². The van der Waals surface area contributed by atoms with E-state index in [-0.39, 0.29) is 11.3 Å². The molecule has 4 N–H and O–H groups in total. The minimum atomic E-state index is -4.53. The molecule has 208 valence electrons. The van der Waals surface area contributed by atoms with E-state index < -0.39 is 17.6 Å². The van der Waals surface area contributed by atoms with E-state index in [2.05, 4.69) is 20.6 Å². The van der Waals surface area contributed by atoms with Crippen molar-refractivity contribution < 1.29 is 18.0 Å². The van der Waals surface area contributed by atoms with Crippen LogP contribution in [0.25, 0.3) is 5.70 Å². The van der Waals surface area contributed by atoms with Crippen molar-refractivity contribution in [1.29, 1.82) is 0 Å². The molecule has 2 aromatic carbocycles. The van der Waals surface area contributed by atoms with Gasteiger partial charge in [0, 0.05) is 49.3 Å². The highest BCUT2D eigenvalue weighted by molar-refractivity contribution is 6.05. The zero-order valence-corrected chi connectivity index (χ0v) is 22.6. The number of hydrazine groups is 1. The highest BCUT2D eigenvalue weighted by Gasteiger charge is 2.31. The molecule has 0 spiro atoms. The van der Waals surface area contributed by atoms with Gasteiger partial charge < -0.3 is 10.6 Å². The number of nitrogens with two attached hydrogens (primary N) is 1. The summed E-state index contributed by atoms with van der Waals surface area (Å²) >= 11 is 0. The molecule has 0 unspecified atom stereocenters. The van der Waals surface area contributed by atoms with E-state index in [1.165, 1.54) is 5.01 Å². The van der Waals surface area contributed by atoms with Gasteiger partial charge in [-0.2, -0.15) is 18.3 Å². The molecule has 0 saturated carbocycles. The molecule has 1 fully saturated rings. The van der Waals surface area contributed by atoms with Gasteiger partial charge in [-0.15, -0.1) is 0 Å². The second-order valence-electron chi connectivity index (χ2n) is 9.82. The van der Waals surface area contributed by atoms with Crippen LogP contribution in [0.4, 0.5) is 24.5 Å². The lowest BCUT2D eigenvalue weighted by atomic mass is 10.1. The average molecular weight is 542 g/mol. The first-order valence-corrected chi connectivity index (χ1v) is 12.7. The van der Waals surface area contributed by atoms with Crippen molar-refractivity contribution in [3.05, 3.63) is 82.3 Å². The summed E-state index contributed by atoms with van der Waals surface area (Å²) in [6, 6.07) is 8.71. The Morgan fingerprint density at radius 3 is 2.49 bits per heavy atom. The van der Waals surface area contributed by atoms with Crippen LogP contribution in [0.15, 0.2) is 48.8 Å². The molecule has 0 atom stereocenters. The molecule has 39 heavy (non-hydrogen) atoms. The molecule has 2 heterocycles. The average Bonchev–Trinajstić information content (AvgIpc) is 3.51. The van der Waals surface area contributed by atoms with Crippen molar-refractivity contribution in [2.45, 2.75) is 39.4 Å². The minimum Gasteiger partial charge on any atom is -0.386 e. The van der Waals surface area contributed by atoms with Crippen LogP contribution in [0, 0.1) is 13.8 Å². The SMILES string of the molecule is CN/C(=C\N(N)c1cc(C(=O)Nc2cc(CN3CCCC3)cc(C(F)(F)F)c2)ccc1C)c1cnn(C)c1C. The number of amides is 1. The fourth-order valence-electron chi connectivity index (χ4n) is 4.69. The highest BCUT2D eigenvalue weighted by Crippen LogP contribution is 2.33. The summed E-state index contributed by atoms with van der Waals surface area (Å²) in [6.07, 6.45) is 0.967. The molecule has 1 amide bonds. The van der Waals surface area contributed by atoms with Gasteiger partial charge in [-0.3, -0.25) is 19.4 Å². The topological polar surface area (TPSA) is 91.4 Å². The Hall–Kier alpha value is -3.83. The first-order valence-electron chi connectivity index (χ1n) is 12.7. The number of carbonyl (C=O) groups excluding carboxylic acids is 1. The van der Waals surface area contributed by atoms with Gasteiger partial charge in [-0.25, -0.2) is 5.84 Å². The molecule has 1 aromatic heterocycles. The van der Waals surface area contributed by atoms with E-state index in [0.29, 0.717) is 17.8 Å². The number of likely N-dealkylation sites (tertiary alicyclic amines) is 1. The normalized spacial score (nSPS) is 14.5. The number of benzene rings is 2. The number of anilines is 2. The van der Waals surface area contributed by atoms with Crippen molar-refractivity contribution in [2.75, 3.05) is 30.5 Å². The van der Waals surface area contributed by atoms with Gasteiger partial charge in [-0.1, -0.05) is 6.07 Å². The quantitative estimate of drug-likeness (QED) is 0.280. The number of aromatic nitrogens is 2. The predicted octanol–water partition coefficient (Wildman–Crippen LogP) is 4.80. The summed E-state index contributed by atoms with van der Waals surface area (Å²) < 4.78 is 42.6. The number of nitrogens with one attached hydrogen (secondary N) is 2. The predicted molar refractivity (Wildman–Crippen MR) is 147 cm³/mol. The minimum absolute atomic E-state index is 0.0974. The number of rotatable bonds is 8. The monoisotopic (exact) mass is 541 g/mol. The maximum atomic E-state index is 13.6. The smallest absolute Gasteiger partial charge is 0.386 e. The second kappa shape index (κ2) is 11.5. The van der Waals surface area contributed by atoms with Crippen LogP contribution in [0.1, 0.15) is 51.1 Å². The number of nitrogens with zero attached hydrogens (tertiary/aromatic N) is 4. The Balaban J connectivity index is 1.59. The third kappa shape index (κ3) is 6.61. The molecular weight excluding hydrogens is 507 g/mol. The molecule has 8 nitrogen and oxygen atoms in total. The van der Waals surface area contributed by atoms with Crippen LogP contribution in [-0.4, -0.2) is 40.7 Å². The maximum absolute atomic E-state index is 13.6. The van der Waals surface area contributed by atoms with Crippen molar-refractivity contribution in [3.63, 3.8) is 0 Å². The summed E-state index contributed by atoms with van der Waals surface area (Å²) in [7, 11) is 3.62. The van der Waals surface area contributed by atoms with E-state index in [1.54, 1.807) is 48.4 Å². The summed E-state index contributed by atoms with van der Waals surface area (Å²) in [5.74, 6) is 5.85. The molecule has 0 aliphatic carbocycles. The standard InChI is InChI=1S/C28H34F3N7O/c1-18-7-8-21(13-26(18)38(32)17-25(33-3)24-15-34-36(4)19(24)2)27(39)35-23-12-20(16-37-9-5-6-10-37)11-22(14-23)28(29,30)31/h7-8,11-15,17,33H,5-6,9-10,16,32H2,1-4H3,(H,35,39)/b25-17-. The van der Waals surface area contributed by atoms with Crippen molar-refractivity contribution in [2.24, 2.45) is 12.9 Å². The van der Waals surface area contributed by atoms with E-state index in [1.807, 2.05) is 20.9 Å². The molecule has 0 bridgehead atoms. The number of hydrogen-bond donors (Lipinski definition) is 3. The molecule has 1 saturated heterocycles. The summed E-state index contributed by atoms with van der Waals surface area (Å²) in [5.41, 5.74) is 4.01. The summed E-state index contributed by atoms with van der Waals surface area (Å²) in [6.45, 7) is 5.90. The molecule has 0 radical (unpaired) electrons. The van der Waals surface area contributed by atoms with Crippen LogP contribution in [0.2, 0.25) is 0 Å². The fraction of sp³-hybridized carbons (Fsp3) is 0.357. The van der Waals surface area contributed by atoms with E-state index in [4.69, 9.17) is 5.84 Å². The number of halogens is 3. The maximum Gasteiger partial charge on any atom is 0.416 e. The number of carbonyl (C=O) groups is 1. The molecule has 11 heteroatoms. The molecule has 3 aromatic rings. The Morgan fingerprint density at radius 1 is 1.15 bits per heavy atom. The first kappa shape index (κ1) is 28.2. The lowest BCUT2D eigenvalue weighted by Gasteiger charge is -2.20. The van der Waals surface area contributed by atoms with E-state index >= 15 is 0 Å². The van der Waals surface area contributed by atoms with Crippen molar-refractivity contribution in [1.82, 2.24) is 20.0 Å². The molecule has 1 aliphatic heterocycles. The van der Waals surface area contributed by atoms with Crippen molar-refractivity contribution >= 4 is 23.0 Å². The summed E-state index contributed by atoms with van der Waals surface area (Å²) in [4.78, 5) is 15.3. The zero-order valence-electron chi connectivity index (χ0n) is 22.6.